The minimum Gasteiger partial charge on any atom is -0.312 e. The fraction of sp³-hybridized carbons (Fsp3) is 0.278. The first kappa shape index (κ1) is 18.2. The first-order valence-corrected chi connectivity index (χ1v) is 8.34. The number of H-pyrrole nitrogens is 1. The Morgan fingerprint density at radius 1 is 1.23 bits per heavy atom. The lowest BCUT2D eigenvalue weighted by atomic mass is 10.1. The number of aromatic nitrogens is 4. The van der Waals surface area contributed by atoms with Gasteiger partial charge in [-0.25, -0.2) is 4.68 Å². The van der Waals surface area contributed by atoms with Crippen molar-refractivity contribution in [2.24, 2.45) is 0 Å². The third kappa shape index (κ3) is 3.36. The van der Waals surface area contributed by atoms with Gasteiger partial charge in [0.15, 0.2) is 11.5 Å². The number of carbonyl (C=O) groups excluding carboxylic acids is 1. The van der Waals surface area contributed by atoms with Crippen molar-refractivity contribution >= 4 is 24.1 Å². The highest BCUT2D eigenvalue weighted by molar-refractivity contribution is 6.03. The Labute approximate surface area is 157 Å². The number of rotatable bonds is 3. The second kappa shape index (κ2) is 7.31. The van der Waals surface area contributed by atoms with Crippen LogP contribution in [0.3, 0.4) is 0 Å². The Hall–Kier alpha value is -2.64. The van der Waals surface area contributed by atoms with Crippen LogP contribution in [0.4, 0.5) is 5.82 Å². The molecule has 7 nitrogen and oxygen atoms in total. The maximum absolute atomic E-state index is 12.6. The molecule has 0 bridgehead atoms. The fourth-order valence-corrected chi connectivity index (χ4v) is 3.07. The van der Waals surface area contributed by atoms with E-state index in [4.69, 9.17) is 0 Å². The molecule has 1 aromatic carbocycles. The van der Waals surface area contributed by atoms with E-state index in [0.29, 0.717) is 18.1 Å². The number of halogens is 1. The lowest BCUT2D eigenvalue weighted by molar-refractivity contribution is 0.102. The summed E-state index contributed by atoms with van der Waals surface area (Å²) in [5.41, 5.74) is 5.52. The van der Waals surface area contributed by atoms with Crippen molar-refractivity contribution in [2.45, 2.75) is 26.8 Å². The van der Waals surface area contributed by atoms with Crippen molar-refractivity contribution in [2.75, 3.05) is 11.9 Å². The predicted octanol–water partition coefficient (Wildman–Crippen LogP) is 2.53. The average Bonchev–Trinajstić information content (AvgIpc) is 3.19. The Bertz CT molecular complexity index is 928. The highest BCUT2D eigenvalue weighted by Gasteiger charge is 2.22. The van der Waals surface area contributed by atoms with Crippen LogP contribution in [0.5, 0.6) is 0 Å². The highest BCUT2D eigenvalue weighted by Crippen LogP contribution is 2.19. The minimum atomic E-state index is -0.241. The Balaban J connectivity index is 0.00000196. The predicted molar refractivity (Wildman–Crippen MR) is 102 cm³/mol. The van der Waals surface area contributed by atoms with Gasteiger partial charge < -0.3 is 10.6 Å². The molecule has 0 saturated carbocycles. The molecule has 0 fully saturated rings. The number of amides is 1. The molecule has 1 aliphatic rings. The number of hydrogen-bond donors (Lipinski definition) is 3. The van der Waals surface area contributed by atoms with Gasteiger partial charge in [-0.3, -0.25) is 9.89 Å². The van der Waals surface area contributed by atoms with Crippen molar-refractivity contribution in [3.05, 3.63) is 58.5 Å². The van der Waals surface area contributed by atoms with E-state index < -0.39 is 0 Å². The van der Waals surface area contributed by atoms with E-state index in [1.807, 2.05) is 48.9 Å². The van der Waals surface area contributed by atoms with Gasteiger partial charge in [0.05, 0.1) is 5.69 Å². The molecule has 0 saturated heterocycles. The number of aromatic amines is 1. The van der Waals surface area contributed by atoms with E-state index in [2.05, 4.69) is 25.9 Å². The molecule has 0 unspecified atom stereocenters. The van der Waals surface area contributed by atoms with Crippen LogP contribution in [0.1, 0.15) is 33.0 Å². The standard InChI is InChI=1S/C18H20N6O.ClH/c1-11-3-5-13(6-4-11)24-12(2)9-16(23-24)20-18(25)17-14-10-19-8-7-15(14)21-22-17;/h3-6,9,19H,7-8,10H2,1-2H3,(H,21,22)(H,20,23,25);1H. The zero-order valence-electron chi connectivity index (χ0n) is 14.7. The smallest absolute Gasteiger partial charge is 0.277 e. The summed E-state index contributed by atoms with van der Waals surface area (Å²) < 4.78 is 1.82. The quantitative estimate of drug-likeness (QED) is 0.659. The van der Waals surface area contributed by atoms with Gasteiger partial charge in [-0.05, 0) is 26.0 Å². The summed E-state index contributed by atoms with van der Waals surface area (Å²) in [5, 5.41) is 17.8. The van der Waals surface area contributed by atoms with Gasteiger partial charge in [0, 0.05) is 42.5 Å². The molecule has 0 radical (unpaired) electrons. The van der Waals surface area contributed by atoms with Crippen LogP contribution in [-0.2, 0) is 13.0 Å². The van der Waals surface area contributed by atoms with E-state index in [1.54, 1.807) is 0 Å². The van der Waals surface area contributed by atoms with E-state index >= 15 is 0 Å². The van der Waals surface area contributed by atoms with Crippen molar-refractivity contribution in [3.8, 4) is 5.69 Å². The average molecular weight is 373 g/mol. The SMILES string of the molecule is Cc1ccc(-n2nc(NC(=O)c3n[nH]c4c3CNCC4)cc2C)cc1.Cl. The molecule has 1 amide bonds. The minimum absolute atomic E-state index is 0. The van der Waals surface area contributed by atoms with Crippen LogP contribution in [-0.4, -0.2) is 32.4 Å². The Kier molecular flexibility index (Phi) is 5.11. The van der Waals surface area contributed by atoms with Gasteiger partial charge in [-0.2, -0.15) is 5.10 Å². The maximum Gasteiger partial charge on any atom is 0.277 e. The molecule has 2 aromatic heterocycles. The molecule has 136 valence electrons. The zero-order chi connectivity index (χ0) is 17.4. The number of hydrogen-bond acceptors (Lipinski definition) is 4. The van der Waals surface area contributed by atoms with Crippen LogP contribution in [0, 0.1) is 13.8 Å². The second-order valence-corrected chi connectivity index (χ2v) is 6.33. The molecule has 8 heteroatoms. The van der Waals surface area contributed by atoms with Gasteiger partial charge in [0.2, 0.25) is 0 Å². The fourth-order valence-electron chi connectivity index (χ4n) is 3.07. The summed E-state index contributed by atoms with van der Waals surface area (Å²) in [6.45, 7) is 5.56. The number of carbonyl (C=O) groups is 1. The first-order chi connectivity index (χ1) is 12.1. The summed E-state index contributed by atoms with van der Waals surface area (Å²) >= 11 is 0. The molecule has 3 heterocycles. The van der Waals surface area contributed by atoms with Crippen LogP contribution in [0.25, 0.3) is 5.69 Å². The highest BCUT2D eigenvalue weighted by atomic mass is 35.5. The number of nitrogens with zero attached hydrogens (tertiary/aromatic N) is 3. The first-order valence-electron chi connectivity index (χ1n) is 8.34. The number of fused-ring (bicyclic) bond motifs is 1. The third-order valence-corrected chi connectivity index (χ3v) is 4.43. The number of nitrogens with one attached hydrogen (secondary N) is 3. The number of benzene rings is 1. The van der Waals surface area contributed by atoms with Crippen molar-refractivity contribution in [1.29, 1.82) is 0 Å². The van der Waals surface area contributed by atoms with Crippen molar-refractivity contribution < 1.29 is 4.79 Å². The topological polar surface area (TPSA) is 87.6 Å². The molecule has 26 heavy (non-hydrogen) atoms. The van der Waals surface area contributed by atoms with Gasteiger partial charge in [0.25, 0.3) is 5.91 Å². The monoisotopic (exact) mass is 372 g/mol. The molecule has 0 spiro atoms. The summed E-state index contributed by atoms with van der Waals surface area (Å²) in [7, 11) is 0. The third-order valence-electron chi connectivity index (χ3n) is 4.43. The summed E-state index contributed by atoms with van der Waals surface area (Å²) in [4.78, 5) is 12.6. The molecule has 1 aliphatic heterocycles. The van der Waals surface area contributed by atoms with Gasteiger partial charge in [-0.1, -0.05) is 17.7 Å². The molecule has 4 rings (SSSR count). The maximum atomic E-state index is 12.6. The molecule has 3 aromatic rings. The van der Waals surface area contributed by atoms with Crippen LogP contribution in [0.15, 0.2) is 30.3 Å². The number of anilines is 1. The lowest BCUT2D eigenvalue weighted by Crippen LogP contribution is -2.25. The van der Waals surface area contributed by atoms with Gasteiger partial charge in [0.1, 0.15) is 0 Å². The molecule has 3 N–H and O–H groups in total. The summed E-state index contributed by atoms with van der Waals surface area (Å²) in [6, 6.07) is 9.96. The number of aryl methyl sites for hydroxylation is 2. The van der Waals surface area contributed by atoms with Gasteiger partial charge >= 0.3 is 0 Å². The van der Waals surface area contributed by atoms with Crippen LogP contribution < -0.4 is 10.6 Å². The summed E-state index contributed by atoms with van der Waals surface area (Å²) in [6.07, 6.45) is 0.858. The van der Waals surface area contributed by atoms with E-state index in [-0.39, 0.29) is 18.3 Å². The largest absolute Gasteiger partial charge is 0.312 e. The second-order valence-electron chi connectivity index (χ2n) is 6.33. The van der Waals surface area contributed by atoms with E-state index in [0.717, 1.165) is 35.6 Å². The van der Waals surface area contributed by atoms with Gasteiger partial charge in [-0.15, -0.1) is 17.5 Å². The molecular weight excluding hydrogens is 352 g/mol. The van der Waals surface area contributed by atoms with Crippen LogP contribution >= 0.6 is 12.4 Å². The van der Waals surface area contributed by atoms with Crippen LogP contribution in [0.2, 0.25) is 0 Å². The Morgan fingerprint density at radius 2 is 2.00 bits per heavy atom. The Morgan fingerprint density at radius 3 is 2.77 bits per heavy atom. The summed E-state index contributed by atoms with van der Waals surface area (Å²) in [5.74, 6) is 0.276. The molecule has 0 aliphatic carbocycles. The van der Waals surface area contributed by atoms with E-state index in [9.17, 15) is 4.79 Å². The zero-order valence-corrected chi connectivity index (χ0v) is 15.5. The van der Waals surface area contributed by atoms with Crippen molar-refractivity contribution in [1.82, 2.24) is 25.3 Å². The van der Waals surface area contributed by atoms with E-state index in [1.165, 1.54) is 5.56 Å². The molecular formula is C18H21ClN6O. The molecule has 0 atom stereocenters. The van der Waals surface area contributed by atoms with Crippen molar-refractivity contribution in [3.63, 3.8) is 0 Å². The normalized spacial score (nSPS) is 13.0. The lowest BCUT2D eigenvalue weighted by Gasteiger charge is -2.12.